The van der Waals surface area contributed by atoms with Crippen LogP contribution in [0, 0.1) is 0 Å². The van der Waals surface area contributed by atoms with Crippen molar-refractivity contribution in [1.82, 2.24) is 4.90 Å². The Balaban J connectivity index is 2.39. The first-order valence-corrected chi connectivity index (χ1v) is 5.40. The zero-order valence-corrected chi connectivity index (χ0v) is 9.47. The Hall–Kier alpha value is -0.0800. The van der Waals surface area contributed by atoms with E-state index >= 15 is 0 Å². The van der Waals surface area contributed by atoms with Gasteiger partial charge < -0.3 is 4.74 Å². The number of ether oxygens (including phenoxy) is 1. The molecule has 1 rings (SSSR count). The van der Waals surface area contributed by atoms with E-state index in [0.29, 0.717) is 6.10 Å². The van der Waals surface area contributed by atoms with Gasteiger partial charge in [-0.3, -0.25) is 4.90 Å². The van der Waals surface area contributed by atoms with Crippen LogP contribution in [0.25, 0.3) is 0 Å². The van der Waals surface area contributed by atoms with Gasteiger partial charge in [-0.15, -0.1) is 0 Å². The van der Waals surface area contributed by atoms with E-state index in [1.54, 1.807) is 0 Å². The lowest BCUT2D eigenvalue weighted by Gasteiger charge is -2.36. The third-order valence-electron chi connectivity index (χ3n) is 2.78. The van der Waals surface area contributed by atoms with E-state index in [2.05, 4.69) is 32.6 Å². The van der Waals surface area contributed by atoms with Crippen LogP contribution in [-0.2, 0) is 4.74 Å². The van der Waals surface area contributed by atoms with Crippen LogP contribution in [0.4, 0.5) is 0 Å². The van der Waals surface area contributed by atoms with Gasteiger partial charge in [0, 0.05) is 18.7 Å². The minimum Gasteiger partial charge on any atom is -0.377 e. The molecule has 1 saturated heterocycles. The van der Waals surface area contributed by atoms with Crippen molar-refractivity contribution in [2.75, 3.05) is 19.7 Å². The van der Waals surface area contributed by atoms with Crippen molar-refractivity contribution in [3.8, 4) is 0 Å². The zero-order chi connectivity index (χ0) is 9.90. The Labute approximate surface area is 82.3 Å². The molecular formula is C11H23NO. The molecule has 0 aromatic carbocycles. The highest BCUT2D eigenvalue weighted by Gasteiger charge is 2.25. The van der Waals surface area contributed by atoms with Crippen LogP contribution in [-0.4, -0.2) is 36.2 Å². The van der Waals surface area contributed by atoms with Crippen LogP contribution in [0.1, 0.15) is 40.5 Å². The lowest BCUT2D eigenvalue weighted by Crippen LogP contribution is -2.45. The van der Waals surface area contributed by atoms with Gasteiger partial charge in [0.05, 0.1) is 6.10 Å². The third kappa shape index (κ3) is 3.28. The fourth-order valence-corrected chi connectivity index (χ4v) is 1.91. The molecule has 0 aliphatic carbocycles. The fourth-order valence-electron chi connectivity index (χ4n) is 1.91. The first-order chi connectivity index (χ1) is 6.04. The quantitative estimate of drug-likeness (QED) is 0.669. The fraction of sp³-hybridized carbons (Fsp3) is 1.00. The van der Waals surface area contributed by atoms with E-state index in [1.165, 1.54) is 12.8 Å². The normalized spacial score (nSPS) is 24.2. The number of likely N-dealkylation sites (N-methyl/N-ethyl adjacent to an activating group) is 1. The molecule has 0 aromatic rings. The summed E-state index contributed by atoms with van der Waals surface area (Å²) in [6.07, 6.45) is 2.97. The standard InChI is InChI=1S/C11H23NO/c1-5-12(11(2,3)4)9-10-7-6-8-13-10/h10H,5-9H2,1-4H3. The summed E-state index contributed by atoms with van der Waals surface area (Å²) in [7, 11) is 0. The molecule has 0 aromatic heterocycles. The monoisotopic (exact) mass is 185 g/mol. The zero-order valence-electron chi connectivity index (χ0n) is 9.47. The van der Waals surface area contributed by atoms with Crippen molar-refractivity contribution in [3.63, 3.8) is 0 Å². The van der Waals surface area contributed by atoms with Gasteiger partial charge in [0.25, 0.3) is 0 Å². The lowest BCUT2D eigenvalue weighted by molar-refractivity contribution is 0.0407. The van der Waals surface area contributed by atoms with Gasteiger partial charge in [0.1, 0.15) is 0 Å². The maximum Gasteiger partial charge on any atom is 0.0703 e. The van der Waals surface area contributed by atoms with E-state index in [0.717, 1.165) is 19.7 Å². The number of rotatable bonds is 3. The molecule has 1 atom stereocenters. The maximum atomic E-state index is 5.64. The molecule has 78 valence electrons. The molecule has 2 heteroatoms. The molecule has 0 bridgehead atoms. The SMILES string of the molecule is CCN(CC1CCCO1)C(C)(C)C. The van der Waals surface area contributed by atoms with Crippen molar-refractivity contribution < 1.29 is 4.74 Å². The smallest absolute Gasteiger partial charge is 0.0703 e. The van der Waals surface area contributed by atoms with E-state index in [-0.39, 0.29) is 5.54 Å². The molecule has 0 radical (unpaired) electrons. The average Bonchev–Trinajstić information content (AvgIpc) is 2.49. The predicted molar refractivity (Wildman–Crippen MR) is 56.0 cm³/mol. The van der Waals surface area contributed by atoms with Crippen molar-refractivity contribution >= 4 is 0 Å². The maximum absolute atomic E-state index is 5.64. The summed E-state index contributed by atoms with van der Waals surface area (Å²) in [6.45, 7) is 12.2. The highest BCUT2D eigenvalue weighted by atomic mass is 16.5. The van der Waals surface area contributed by atoms with Crippen molar-refractivity contribution in [2.45, 2.75) is 52.2 Å². The molecular weight excluding hydrogens is 162 g/mol. The summed E-state index contributed by atoms with van der Waals surface area (Å²) in [6, 6.07) is 0. The third-order valence-corrected chi connectivity index (χ3v) is 2.78. The largest absolute Gasteiger partial charge is 0.377 e. The van der Waals surface area contributed by atoms with Crippen LogP contribution in [0.5, 0.6) is 0 Å². The van der Waals surface area contributed by atoms with Crippen molar-refractivity contribution in [3.05, 3.63) is 0 Å². The second-order valence-electron chi connectivity index (χ2n) is 4.84. The molecule has 1 unspecified atom stereocenters. The number of hydrogen-bond acceptors (Lipinski definition) is 2. The summed E-state index contributed by atoms with van der Waals surface area (Å²) in [5.41, 5.74) is 0.278. The number of nitrogens with zero attached hydrogens (tertiary/aromatic N) is 1. The average molecular weight is 185 g/mol. The molecule has 2 nitrogen and oxygen atoms in total. The summed E-state index contributed by atoms with van der Waals surface area (Å²) in [4.78, 5) is 2.49. The van der Waals surface area contributed by atoms with Crippen LogP contribution < -0.4 is 0 Å². The molecule has 0 amide bonds. The first kappa shape index (κ1) is 11.0. The van der Waals surface area contributed by atoms with Gasteiger partial charge in [0.2, 0.25) is 0 Å². The molecule has 1 aliphatic rings. The number of hydrogen-bond donors (Lipinski definition) is 0. The molecule has 0 N–H and O–H groups in total. The highest BCUT2D eigenvalue weighted by molar-refractivity contribution is 4.79. The molecule has 0 saturated carbocycles. The Bertz CT molecular complexity index is 145. The summed E-state index contributed by atoms with van der Waals surface area (Å²) in [5, 5.41) is 0. The van der Waals surface area contributed by atoms with Crippen LogP contribution in [0.2, 0.25) is 0 Å². The van der Waals surface area contributed by atoms with E-state index in [4.69, 9.17) is 4.74 Å². The molecule has 0 spiro atoms. The minimum atomic E-state index is 0.278. The van der Waals surface area contributed by atoms with Gasteiger partial charge in [-0.25, -0.2) is 0 Å². The van der Waals surface area contributed by atoms with Crippen molar-refractivity contribution in [1.29, 1.82) is 0 Å². The second kappa shape index (κ2) is 4.43. The lowest BCUT2D eigenvalue weighted by atomic mass is 10.0. The van der Waals surface area contributed by atoms with Crippen molar-refractivity contribution in [2.24, 2.45) is 0 Å². The Morgan fingerprint density at radius 1 is 1.38 bits per heavy atom. The molecule has 1 heterocycles. The second-order valence-corrected chi connectivity index (χ2v) is 4.84. The van der Waals surface area contributed by atoms with E-state index in [1.807, 2.05) is 0 Å². The van der Waals surface area contributed by atoms with Crippen LogP contribution >= 0.6 is 0 Å². The molecule has 13 heavy (non-hydrogen) atoms. The summed E-state index contributed by atoms with van der Waals surface area (Å²) < 4.78 is 5.64. The van der Waals surface area contributed by atoms with Crippen LogP contribution in [0.15, 0.2) is 0 Å². The first-order valence-electron chi connectivity index (χ1n) is 5.40. The van der Waals surface area contributed by atoms with Gasteiger partial charge >= 0.3 is 0 Å². The minimum absolute atomic E-state index is 0.278. The summed E-state index contributed by atoms with van der Waals surface area (Å²) in [5.74, 6) is 0. The Morgan fingerprint density at radius 2 is 2.08 bits per heavy atom. The van der Waals surface area contributed by atoms with Gasteiger partial charge in [-0.1, -0.05) is 6.92 Å². The Kier molecular flexibility index (Phi) is 3.74. The highest BCUT2D eigenvalue weighted by Crippen LogP contribution is 2.18. The van der Waals surface area contributed by atoms with Gasteiger partial charge in [-0.05, 0) is 40.2 Å². The Morgan fingerprint density at radius 3 is 2.46 bits per heavy atom. The summed E-state index contributed by atoms with van der Waals surface area (Å²) >= 11 is 0. The van der Waals surface area contributed by atoms with E-state index < -0.39 is 0 Å². The van der Waals surface area contributed by atoms with Gasteiger partial charge in [0.15, 0.2) is 0 Å². The predicted octanol–water partition coefficient (Wildman–Crippen LogP) is 2.29. The molecule has 1 aliphatic heterocycles. The van der Waals surface area contributed by atoms with E-state index in [9.17, 15) is 0 Å². The van der Waals surface area contributed by atoms with Gasteiger partial charge in [-0.2, -0.15) is 0 Å². The topological polar surface area (TPSA) is 12.5 Å². The van der Waals surface area contributed by atoms with Crippen LogP contribution in [0.3, 0.4) is 0 Å². The molecule has 1 fully saturated rings.